The van der Waals surface area contributed by atoms with Crippen LogP contribution in [0.15, 0.2) is 170 Å². The van der Waals surface area contributed by atoms with Crippen LogP contribution in [0.3, 0.4) is 0 Å². The van der Waals surface area contributed by atoms with E-state index in [1.807, 2.05) is 60.7 Å². The molecular weight excluding hydrogens is 1200 g/mol. The minimum Gasteiger partial charge on any atom is -0.507 e. The normalized spacial score (nSPS) is 11.5. The molecular formula is C53H42Br2N2O17Pd. The zero-order valence-electron chi connectivity index (χ0n) is 40.1. The number of carbonyl (C=O) groups is 6. The van der Waals surface area contributed by atoms with Crippen molar-refractivity contribution in [2.75, 3.05) is 0 Å². The van der Waals surface area contributed by atoms with E-state index < -0.39 is 64.9 Å². The number of carboxylic acid groups (broad SMARTS) is 2. The first-order chi connectivity index (χ1) is 35.7. The van der Waals surface area contributed by atoms with Crippen molar-refractivity contribution in [1.29, 1.82) is 0 Å². The number of hydrogen-bond acceptors (Lipinski definition) is 15. The van der Waals surface area contributed by atoms with E-state index in [2.05, 4.69) is 48.9 Å². The van der Waals surface area contributed by atoms with Gasteiger partial charge in [-0.15, -0.1) is 12.8 Å². The van der Waals surface area contributed by atoms with Crippen molar-refractivity contribution >= 4 is 100 Å². The fourth-order valence-electron chi connectivity index (χ4n) is 6.23. The van der Waals surface area contributed by atoms with E-state index in [4.69, 9.17) is 43.9 Å². The number of aromatic hydroxyl groups is 1. The molecule has 1 aliphatic heterocycles. The fourth-order valence-corrected chi connectivity index (χ4v) is 7.03. The molecule has 1 aliphatic rings. The fraction of sp³-hybridized carbons (Fsp3) is 0.113. The van der Waals surface area contributed by atoms with Crippen molar-refractivity contribution in [3.8, 4) is 30.1 Å². The predicted molar refractivity (Wildman–Crippen MR) is 276 cm³/mol. The predicted octanol–water partition coefficient (Wildman–Crippen LogP) is 7.97. The number of nitrogens with one attached hydrogen (secondary N) is 2. The van der Waals surface area contributed by atoms with Crippen molar-refractivity contribution in [3.63, 3.8) is 0 Å². The summed E-state index contributed by atoms with van der Waals surface area (Å²) in [5.74, 6) is -4.45. The number of terminal acetylenes is 1. The first-order valence-electron chi connectivity index (χ1n) is 21.7. The van der Waals surface area contributed by atoms with Gasteiger partial charge in [-0.3, -0.25) is 28.8 Å². The first kappa shape index (κ1) is 59.1. The van der Waals surface area contributed by atoms with Crippen molar-refractivity contribution in [1.82, 2.24) is 10.6 Å². The van der Waals surface area contributed by atoms with Gasteiger partial charge >= 0.3 is 28.8 Å². The molecule has 19 nitrogen and oxygen atoms in total. The Bertz CT molecular complexity index is 3560. The molecule has 5 aromatic carbocycles. The van der Waals surface area contributed by atoms with Crippen LogP contribution < -0.4 is 37.0 Å². The Balaban J connectivity index is 0.000000281. The summed E-state index contributed by atoms with van der Waals surface area (Å²) in [4.78, 5) is 99.9. The van der Waals surface area contributed by atoms with E-state index in [9.17, 15) is 38.7 Å². The second-order valence-electron chi connectivity index (χ2n) is 14.9. The average molecular weight is 1250 g/mol. The largest absolute Gasteiger partial charge is 0.507 e. The minimum absolute atomic E-state index is 0. The number of esters is 2. The first-order valence-corrected chi connectivity index (χ1v) is 22.8. The maximum Gasteiger partial charge on any atom is 0.336 e. The molecule has 0 fully saturated rings. The number of fused-ring (bicyclic) bond motifs is 4. The van der Waals surface area contributed by atoms with Gasteiger partial charge in [-0.25, -0.2) is 14.4 Å². The van der Waals surface area contributed by atoms with Crippen LogP contribution in [0.5, 0.6) is 17.2 Å². The molecule has 0 aliphatic carbocycles. The number of carbonyl (C=O) groups excluding carboxylic acids is 4. The van der Waals surface area contributed by atoms with Crippen LogP contribution in [-0.2, 0) is 62.3 Å². The van der Waals surface area contributed by atoms with Gasteiger partial charge in [-0.1, -0.05) is 60.7 Å². The zero-order chi connectivity index (χ0) is 55.2. The minimum atomic E-state index is -1.03. The molecule has 22 heteroatoms. The average Bonchev–Trinajstić information content (AvgIpc) is 3.67. The SMILES string of the molecule is CC(=O)O.CC(=O)O.O=C(CC(=O)Oc1cc2oc(=O)ccc2cc1Br)NCc1ccccc1.O=C(NCc1ccccc1)C1C(=O)Oc2cc3oc(=O)ccc3cc21.O=c1ccc2cc(Br)c(O)cc2o1.[2H]C#C.[Pd]. The van der Waals surface area contributed by atoms with E-state index in [1.165, 1.54) is 42.8 Å². The maximum absolute atomic E-state index is 12.5. The molecule has 4 heterocycles. The number of hydrogen-bond donors (Lipinski definition) is 5. The standard InChI is InChI=1S/C19H14BrNO5.C19H13NO5.C9H5BrO3.2C2H4O2.C2H2.Pd/c20-14-8-13-6-7-18(23)25-15(13)9-16(14)26-19(24)10-17(22)21-11-12-4-2-1-3-5-12;21-16-7-6-12-8-13-15(9-14(12)24-16)25-19(23)17(13)18(22)20-10-11-4-2-1-3-5-11;10-6-3-5-1-2-9(12)13-8(5)4-7(6)11;2*1-2(3)4;1-2;/h1-9H,10-11H2,(H,21,22);1-9,17H,10H2,(H,20,22);1-4,11H;2*1H3,(H,3,4);1-2H;/i;;;;;1D;. The second kappa shape index (κ2) is 29.9. The van der Waals surface area contributed by atoms with Gasteiger partial charge in [-0.2, -0.15) is 0 Å². The van der Waals surface area contributed by atoms with Gasteiger partial charge in [0.2, 0.25) is 11.8 Å². The third-order valence-corrected chi connectivity index (χ3v) is 10.6. The Morgan fingerprint density at radius 2 is 1.07 bits per heavy atom. The third kappa shape index (κ3) is 19.5. The van der Waals surface area contributed by atoms with E-state index in [0.717, 1.165) is 30.4 Å². The van der Waals surface area contributed by atoms with Crippen LogP contribution in [0, 0.1) is 12.8 Å². The number of phenolic OH excluding ortho intramolecular Hbond substituents is 1. The Hall–Kier alpha value is -8.47. The summed E-state index contributed by atoms with van der Waals surface area (Å²) in [5.41, 5.74) is 1.90. The molecule has 0 saturated heterocycles. The van der Waals surface area contributed by atoms with Crippen molar-refractivity contribution in [3.05, 3.63) is 190 Å². The van der Waals surface area contributed by atoms with Crippen LogP contribution >= 0.6 is 31.9 Å². The molecule has 0 saturated carbocycles. The Morgan fingerprint density at radius 3 is 1.56 bits per heavy atom. The van der Waals surface area contributed by atoms with Gasteiger partial charge < -0.3 is 48.7 Å². The molecule has 0 radical (unpaired) electrons. The number of benzene rings is 5. The van der Waals surface area contributed by atoms with Crippen LogP contribution in [0.2, 0.25) is 0 Å². The summed E-state index contributed by atoms with van der Waals surface area (Å²) < 4.78 is 32.2. The number of rotatable bonds is 8. The topological polar surface area (TPSA) is 296 Å². The summed E-state index contributed by atoms with van der Waals surface area (Å²) >= 11 is 6.46. The van der Waals surface area contributed by atoms with E-state index in [0.29, 0.717) is 49.5 Å². The van der Waals surface area contributed by atoms with Crippen LogP contribution in [0.1, 0.15) is 44.2 Å². The Morgan fingerprint density at radius 1 is 0.640 bits per heavy atom. The third-order valence-electron chi connectivity index (χ3n) is 9.30. The second-order valence-corrected chi connectivity index (χ2v) is 16.6. The van der Waals surface area contributed by atoms with Crippen molar-refractivity contribution < 1.29 is 88.6 Å². The van der Waals surface area contributed by atoms with E-state index >= 15 is 0 Å². The van der Waals surface area contributed by atoms with Gasteiger partial charge in [0.1, 0.15) is 41.8 Å². The molecule has 9 rings (SSSR count). The number of aliphatic carboxylic acids is 2. The van der Waals surface area contributed by atoms with Crippen LogP contribution in [-0.4, -0.2) is 51.0 Å². The molecule has 5 N–H and O–H groups in total. The van der Waals surface area contributed by atoms with Gasteiger partial charge in [0, 0.05) is 105 Å². The monoisotopic (exact) mass is 1240 g/mol. The molecule has 1 unspecified atom stereocenters. The molecule has 75 heavy (non-hydrogen) atoms. The number of ether oxygens (including phenoxy) is 2. The van der Waals surface area contributed by atoms with Crippen LogP contribution in [0.25, 0.3) is 32.9 Å². The van der Waals surface area contributed by atoms with Crippen molar-refractivity contribution in [2.24, 2.45) is 0 Å². The number of phenols is 1. The van der Waals surface area contributed by atoms with Crippen molar-refractivity contribution in [2.45, 2.75) is 39.3 Å². The molecule has 2 amide bonds. The summed E-state index contributed by atoms with van der Waals surface area (Å²) in [6.45, 7) is 2.82. The van der Waals surface area contributed by atoms with Gasteiger partial charge in [-0.05, 0) is 79.4 Å². The van der Waals surface area contributed by atoms with Gasteiger partial charge in [0.25, 0.3) is 11.9 Å². The van der Waals surface area contributed by atoms with E-state index in [-0.39, 0.29) is 43.3 Å². The molecule has 3 aromatic heterocycles. The Kier molecular flexibility index (Phi) is 23.6. The Labute approximate surface area is 456 Å². The maximum atomic E-state index is 12.5. The number of carboxylic acids is 2. The molecule has 1 atom stereocenters. The molecule has 0 spiro atoms. The number of halogens is 2. The van der Waals surface area contributed by atoms with Crippen LogP contribution in [0.4, 0.5) is 0 Å². The van der Waals surface area contributed by atoms with E-state index in [1.54, 1.807) is 36.4 Å². The summed E-state index contributed by atoms with van der Waals surface area (Å²) in [6.07, 6.45) is 5.34. The smallest absolute Gasteiger partial charge is 0.336 e. The number of amides is 2. The quantitative estimate of drug-likeness (QED) is 0.0241. The summed E-state index contributed by atoms with van der Waals surface area (Å²) in [7, 11) is 0. The molecule has 390 valence electrons. The zero-order valence-corrected chi connectivity index (χ0v) is 43.8. The molecule has 8 aromatic rings. The summed E-state index contributed by atoms with van der Waals surface area (Å²) in [5, 5.41) is 31.6. The molecule has 0 bridgehead atoms. The van der Waals surface area contributed by atoms with Gasteiger partial charge in [0.05, 0.1) is 8.95 Å². The van der Waals surface area contributed by atoms with Gasteiger partial charge in [0.15, 0.2) is 5.92 Å². The summed E-state index contributed by atoms with van der Waals surface area (Å²) in [6, 6.07) is 36.8.